The van der Waals surface area contributed by atoms with Gasteiger partial charge in [-0.05, 0) is 297 Å². The number of esters is 3. The maximum atomic E-state index is 13.2. The number of aliphatic hydroxyl groups excluding tert-OH is 2. The molecule has 4 aliphatic heterocycles. The van der Waals surface area contributed by atoms with Gasteiger partial charge in [0.05, 0.1) is 95.2 Å². The average molecular weight is 1630 g/mol. The largest absolute Gasteiger partial charge is 0.481 e. The van der Waals surface area contributed by atoms with Crippen LogP contribution in [-0.2, 0) is 90.5 Å². The minimum Gasteiger partial charge on any atom is -0.481 e. The summed E-state index contributed by atoms with van der Waals surface area (Å²) in [5.41, 5.74) is -5.00. The summed E-state index contributed by atoms with van der Waals surface area (Å²) in [7, 11) is 0. The van der Waals surface area contributed by atoms with Gasteiger partial charge in [0.15, 0.2) is 23.1 Å². The summed E-state index contributed by atoms with van der Waals surface area (Å²) in [4.78, 5) is 99.9. The Morgan fingerprint density at radius 1 is 0.308 bits per heavy atom. The van der Waals surface area contributed by atoms with Gasteiger partial charge in [-0.2, -0.15) is 0 Å². The monoisotopic (exact) mass is 1630 g/mol. The summed E-state index contributed by atoms with van der Waals surface area (Å²) in [6.45, 7) is 2.09. The number of ketones is 1. The van der Waals surface area contributed by atoms with Gasteiger partial charge in [0.1, 0.15) is 43.9 Å². The molecule has 15 unspecified atom stereocenters. The van der Waals surface area contributed by atoms with Crippen LogP contribution in [0.15, 0.2) is 0 Å². The second-order valence-electron chi connectivity index (χ2n) is 45.6. The third kappa shape index (κ3) is 12.0. The lowest BCUT2D eigenvalue weighted by Crippen LogP contribution is -2.68. The van der Waals surface area contributed by atoms with Crippen molar-refractivity contribution < 1.29 is 126 Å². The molecule has 0 aromatic carbocycles. The van der Waals surface area contributed by atoms with E-state index in [1.165, 1.54) is 19.3 Å². The van der Waals surface area contributed by atoms with E-state index in [0.29, 0.717) is 138 Å². The Labute approximate surface area is 683 Å². The molecule has 32 rings (SSSR count). The van der Waals surface area contributed by atoms with Crippen LogP contribution in [-0.4, -0.2) is 196 Å². The molecule has 32 fully saturated rings. The minimum absolute atomic E-state index is 0.00561. The number of carboxylic acid groups (broad SMARTS) is 4. The number of ether oxygens (including phenoxy) is 11. The molecule has 26 nitrogen and oxygen atoms in total. The van der Waals surface area contributed by atoms with E-state index in [2.05, 4.69) is 0 Å². The van der Waals surface area contributed by atoms with Crippen LogP contribution in [0.25, 0.3) is 0 Å². The number of aliphatic carboxylic acids is 4. The molecule has 0 aromatic heterocycles. The van der Waals surface area contributed by atoms with Crippen molar-refractivity contribution in [3.8, 4) is 0 Å². The zero-order valence-electron chi connectivity index (χ0n) is 67.9. The molecule has 4 saturated heterocycles. The van der Waals surface area contributed by atoms with Crippen LogP contribution in [0.4, 0.5) is 0 Å². The molecule has 28 saturated carbocycles. The van der Waals surface area contributed by atoms with Gasteiger partial charge in [0.2, 0.25) is 0 Å². The number of carbonyl (C=O) groups excluding carboxylic acids is 4. The van der Waals surface area contributed by atoms with E-state index in [1.807, 2.05) is 0 Å². The fraction of sp³-hybridized carbons (Fsp3) is 0.912. The third-order valence-electron chi connectivity index (χ3n) is 38.1. The molecule has 15 atom stereocenters. The fourth-order valence-corrected chi connectivity index (χ4v) is 35.0. The lowest BCUT2D eigenvalue weighted by molar-refractivity contribution is -0.390. The summed E-state index contributed by atoms with van der Waals surface area (Å²) in [6.07, 6.45) is 31.5. The van der Waals surface area contributed by atoms with Gasteiger partial charge in [0.25, 0.3) is 0 Å². The van der Waals surface area contributed by atoms with E-state index in [0.717, 1.165) is 165 Å². The molecule has 28 bridgehead atoms. The van der Waals surface area contributed by atoms with E-state index >= 15 is 0 Å². The molecule has 0 radical (unpaired) electrons. The van der Waals surface area contributed by atoms with Crippen molar-refractivity contribution >= 4 is 47.6 Å². The Balaban J connectivity index is 0.0000000953. The smallest absolute Gasteiger partial charge is 0.312 e. The predicted octanol–water partition coefficient (Wildman–Crippen LogP) is 10.2. The van der Waals surface area contributed by atoms with Crippen LogP contribution < -0.4 is 0 Å². The molecule has 0 aromatic rings. The minimum atomic E-state index is -0.732. The van der Waals surface area contributed by atoms with Crippen molar-refractivity contribution in [2.75, 3.05) is 66.1 Å². The lowest BCUT2D eigenvalue weighted by atomic mass is 9.47. The molecule has 28 aliphatic carbocycles. The third-order valence-corrected chi connectivity index (χ3v) is 38.1. The van der Waals surface area contributed by atoms with Crippen molar-refractivity contribution in [2.45, 2.75) is 285 Å². The fourth-order valence-electron chi connectivity index (χ4n) is 35.0. The Hall–Kier alpha value is -4.48. The van der Waals surface area contributed by atoms with Gasteiger partial charge in [-0.3, -0.25) is 38.4 Å². The van der Waals surface area contributed by atoms with Gasteiger partial charge in [-0.25, -0.2) is 0 Å². The second kappa shape index (κ2) is 27.0. The molecule has 117 heavy (non-hydrogen) atoms. The Morgan fingerprint density at radius 3 is 0.880 bits per heavy atom. The number of carbonyl (C=O) groups is 8. The van der Waals surface area contributed by atoms with Crippen molar-refractivity contribution in [1.82, 2.24) is 0 Å². The maximum absolute atomic E-state index is 13.2. The summed E-state index contributed by atoms with van der Waals surface area (Å²) < 4.78 is 68.3. The summed E-state index contributed by atoms with van der Waals surface area (Å²) in [6, 6.07) is 0. The summed E-state index contributed by atoms with van der Waals surface area (Å²) >= 11 is 0. The van der Waals surface area contributed by atoms with E-state index in [9.17, 15) is 74.1 Å². The normalized spacial score (nSPS) is 53.6. The van der Waals surface area contributed by atoms with Crippen molar-refractivity contribution in [1.29, 1.82) is 0 Å². The van der Waals surface area contributed by atoms with Crippen LogP contribution in [0.3, 0.4) is 0 Å². The number of aliphatic hydroxyl groups is 3. The topological polar surface area (TPSA) is 380 Å². The van der Waals surface area contributed by atoms with E-state index in [1.54, 1.807) is 0 Å². The van der Waals surface area contributed by atoms with Gasteiger partial charge >= 0.3 is 41.8 Å². The zero-order chi connectivity index (χ0) is 80.4. The van der Waals surface area contributed by atoms with Crippen LogP contribution in [0.1, 0.15) is 238 Å². The van der Waals surface area contributed by atoms with Crippen molar-refractivity contribution in [2.24, 2.45) is 162 Å². The van der Waals surface area contributed by atoms with Crippen LogP contribution >= 0.6 is 0 Å². The molecule has 32 aliphatic rings. The highest BCUT2D eigenvalue weighted by Gasteiger charge is 2.74. The second-order valence-corrected chi connectivity index (χ2v) is 45.6. The number of rotatable bonds is 15. The van der Waals surface area contributed by atoms with Gasteiger partial charge in [-0.1, -0.05) is 0 Å². The highest BCUT2D eigenvalue weighted by Crippen LogP contribution is 2.72. The summed E-state index contributed by atoms with van der Waals surface area (Å²) in [5, 5.41) is 69.3. The first-order valence-corrected chi connectivity index (χ1v) is 46.0. The first-order chi connectivity index (χ1) is 55.9. The molecule has 644 valence electrons. The molecule has 7 N–H and O–H groups in total. The standard InChI is InChI=1S/C25H34O7.C25H32O7.C25H34O6.C16H24O6/c26-20(27)22-4-14-2-17(9-22)25(18(3-14)10-22)31-12-19(32-25)11-30-21(28)23-5-15-1-16(6-23)8-24(29,7-15)13-23;26-20-15-1-13-2-16(20)8-24(6-13,7-15)22(29)30-11-19-12-31-25(32-19)17-3-14-4-18(25)10-23(5-14,9-17)21(27)28;26-21(27)23-6-17-4-18(10-23)25(19(5-17)11-23)30-13-20(31-25)12-29-22(28)24-7-14-1-15(8-24)3-16(2-14)9-24;17-6-14(7-18)8-21-16(22-9-14)11-1-10-2-12(16)5-15(3-10,4-11)13(19)20/h14-19,29H,1-13H2,(H,26,27);13-19H,1-12H2,(H,27,28);14-20H,1-13H2,(H,26,27);10-12,17-18H,1-9H2,(H,19,20). The molecule has 0 amide bonds. The highest BCUT2D eigenvalue weighted by molar-refractivity contribution is 5.90. The first-order valence-electron chi connectivity index (χ1n) is 46.0. The van der Waals surface area contributed by atoms with Crippen LogP contribution in [0.2, 0.25) is 0 Å². The quantitative estimate of drug-likeness (QED) is 0.0592. The average Bonchev–Trinajstić information content (AvgIpc) is 1.65. The Morgan fingerprint density at radius 2 is 0.573 bits per heavy atom. The zero-order valence-corrected chi connectivity index (χ0v) is 67.9. The molecule has 4 heterocycles. The SMILES string of the molecule is O=C(O)C12CC3CC(C1)C1(OCC(CO)(CO)CO1)C(C3)C2.O=C(O)C12CC3CC(C1)C1(OCC(COC(=O)C45CC6CC(CC(C6)C4)C5)O1)C(C3)C2.O=C(O)C12CC3CC(C1)C1(OCC(COC(=O)C45CC6CC(CC(O)(C6)C4)C5)O1)C(C3)C2.O=C1C2CC3CC1CC(C(=O)OCC1COC4(O1)C1CC5CC4CC(C(=O)O)(C5)C1)(C3)C2. The van der Waals surface area contributed by atoms with Gasteiger partial charge in [0, 0.05) is 59.2 Å². The predicted molar refractivity (Wildman–Crippen MR) is 403 cm³/mol. The highest BCUT2D eigenvalue weighted by atomic mass is 16.8. The van der Waals surface area contributed by atoms with Gasteiger partial charge in [-0.15, -0.1) is 0 Å². The molecule has 4 spiro atoms. The maximum Gasteiger partial charge on any atom is 0.312 e. The Bertz CT molecular complexity index is 3920. The van der Waals surface area contributed by atoms with Crippen LogP contribution in [0, 0.1) is 162 Å². The lowest BCUT2D eigenvalue weighted by Gasteiger charge is -2.64. The van der Waals surface area contributed by atoms with Crippen LogP contribution in [0.5, 0.6) is 0 Å². The Kier molecular flexibility index (Phi) is 18.1. The first kappa shape index (κ1) is 78.5. The molecular weight excluding hydrogens is 1510 g/mol. The number of hydrogen-bond donors (Lipinski definition) is 7. The van der Waals surface area contributed by atoms with E-state index in [4.69, 9.17) is 52.1 Å². The van der Waals surface area contributed by atoms with Crippen molar-refractivity contribution in [3.63, 3.8) is 0 Å². The number of hydrogen-bond acceptors (Lipinski definition) is 22. The van der Waals surface area contributed by atoms with Gasteiger partial charge < -0.3 is 87.9 Å². The molecular formula is C91H124O26. The number of Topliss-reactive ketones (excluding diaryl/α,β-unsaturated/α-hetero) is 1. The van der Waals surface area contributed by atoms with Crippen molar-refractivity contribution in [3.05, 3.63) is 0 Å². The van der Waals surface area contributed by atoms with E-state index in [-0.39, 0.29) is 147 Å². The summed E-state index contributed by atoms with van der Waals surface area (Å²) in [5.74, 6) is 1.22. The number of carboxylic acids is 4. The van der Waals surface area contributed by atoms with E-state index < -0.39 is 90.5 Å². The molecule has 26 heteroatoms.